The number of hydrogen-bond donors (Lipinski definition) is 3. The molecule has 0 saturated heterocycles. The molecule has 178 valence electrons. The van der Waals surface area contributed by atoms with Gasteiger partial charge < -0.3 is 24.8 Å². The molecule has 1 saturated carbocycles. The van der Waals surface area contributed by atoms with Gasteiger partial charge in [0.2, 0.25) is 0 Å². The van der Waals surface area contributed by atoms with Crippen molar-refractivity contribution in [2.24, 2.45) is 16.7 Å². The molecule has 8 nitrogen and oxygen atoms in total. The first-order chi connectivity index (χ1) is 16.2. The average molecular weight is 466 g/mol. The van der Waals surface area contributed by atoms with Crippen LogP contribution in [0.3, 0.4) is 0 Å². The van der Waals surface area contributed by atoms with Crippen molar-refractivity contribution in [1.82, 2.24) is 0 Å². The van der Waals surface area contributed by atoms with Crippen LogP contribution in [0.4, 0.5) is 0 Å². The van der Waals surface area contributed by atoms with E-state index in [4.69, 9.17) is 14.6 Å². The molecule has 0 aromatic heterocycles. The number of para-hydroxylation sites is 1. The molecule has 1 aliphatic carbocycles. The lowest BCUT2D eigenvalue weighted by atomic mass is 9.78. The van der Waals surface area contributed by atoms with Gasteiger partial charge in [-0.15, -0.1) is 0 Å². The van der Waals surface area contributed by atoms with Crippen LogP contribution in [-0.2, 0) is 14.3 Å². The molecule has 0 aliphatic heterocycles. The second-order valence-electron chi connectivity index (χ2n) is 8.75. The SMILES string of the molecule is CC1(C)[C@H](/C=C\C(=O)OC[C@@H](O)CO)[C@@]1(C(=O)O)[C@@H](C#N)c1cccc(Oc2ccccc2)c1. The maximum absolute atomic E-state index is 12.6. The predicted molar refractivity (Wildman–Crippen MR) is 122 cm³/mol. The van der Waals surface area contributed by atoms with Crippen molar-refractivity contribution in [1.29, 1.82) is 5.26 Å². The molecule has 3 N–H and O–H groups in total. The van der Waals surface area contributed by atoms with Gasteiger partial charge in [-0.1, -0.05) is 50.3 Å². The predicted octanol–water partition coefficient (Wildman–Crippen LogP) is 3.27. The highest BCUT2D eigenvalue weighted by Gasteiger charge is 2.78. The monoisotopic (exact) mass is 465 g/mol. The van der Waals surface area contributed by atoms with Crippen LogP contribution in [0.25, 0.3) is 0 Å². The fourth-order valence-electron chi connectivity index (χ4n) is 4.59. The molecular formula is C26H27NO7. The van der Waals surface area contributed by atoms with Crippen molar-refractivity contribution < 1.29 is 34.4 Å². The van der Waals surface area contributed by atoms with E-state index in [0.29, 0.717) is 17.1 Å². The highest BCUT2D eigenvalue weighted by atomic mass is 16.5. The number of ether oxygens (including phenoxy) is 2. The Balaban J connectivity index is 1.87. The van der Waals surface area contributed by atoms with Crippen LogP contribution in [0.1, 0.15) is 25.3 Å². The summed E-state index contributed by atoms with van der Waals surface area (Å²) in [7, 11) is 0. The van der Waals surface area contributed by atoms with E-state index in [-0.39, 0.29) is 6.61 Å². The van der Waals surface area contributed by atoms with E-state index in [2.05, 4.69) is 6.07 Å². The molecule has 0 unspecified atom stereocenters. The highest BCUT2D eigenvalue weighted by molar-refractivity contribution is 5.86. The minimum absolute atomic E-state index is 0.382. The lowest BCUT2D eigenvalue weighted by Crippen LogP contribution is -2.28. The molecule has 0 amide bonds. The molecule has 0 radical (unpaired) electrons. The number of nitriles is 1. The van der Waals surface area contributed by atoms with Crippen LogP contribution in [-0.4, -0.2) is 46.6 Å². The third-order valence-corrected chi connectivity index (χ3v) is 6.41. The lowest BCUT2D eigenvalue weighted by molar-refractivity contribution is -0.145. The first-order valence-corrected chi connectivity index (χ1v) is 10.8. The number of carboxylic acid groups (broad SMARTS) is 1. The fourth-order valence-corrected chi connectivity index (χ4v) is 4.59. The minimum atomic E-state index is -1.48. The second-order valence-corrected chi connectivity index (χ2v) is 8.75. The van der Waals surface area contributed by atoms with E-state index in [1.54, 1.807) is 50.2 Å². The highest BCUT2D eigenvalue weighted by Crippen LogP contribution is 2.75. The summed E-state index contributed by atoms with van der Waals surface area (Å²) in [4.78, 5) is 24.5. The van der Waals surface area contributed by atoms with Crippen LogP contribution in [0.2, 0.25) is 0 Å². The Hall–Kier alpha value is -3.67. The number of carbonyl (C=O) groups excluding carboxylic acids is 1. The molecule has 8 heteroatoms. The van der Waals surface area contributed by atoms with Gasteiger partial charge in [-0.25, -0.2) is 4.79 Å². The number of hydrogen-bond acceptors (Lipinski definition) is 7. The number of carbonyl (C=O) groups is 2. The van der Waals surface area contributed by atoms with Gasteiger partial charge in [0, 0.05) is 12.0 Å². The quantitative estimate of drug-likeness (QED) is 0.359. The average Bonchev–Trinajstić information content (AvgIpc) is 3.32. The minimum Gasteiger partial charge on any atom is -0.481 e. The molecule has 1 aliphatic rings. The summed E-state index contributed by atoms with van der Waals surface area (Å²) in [6, 6.07) is 18.0. The molecule has 0 spiro atoms. The van der Waals surface area contributed by atoms with Crippen molar-refractivity contribution in [3.05, 3.63) is 72.3 Å². The molecule has 1 fully saturated rings. The van der Waals surface area contributed by atoms with Gasteiger partial charge in [0.1, 0.15) is 29.6 Å². The summed E-state index contributed by atoms with van der Waals surface area (Å²) in [5.74, 6) is -2.48. The standard InChI is InChI=1S/C26H27NO7/c1-25(2)22(11-12-23(30)33-16-18(29)15-28)26(25,24(31)32)21(14-27)17-7-6-10-20(13-17)34-19-8-4-3-5-9-19/h3-13,18,21-22,28-29H,15-16H2,1-2H3,(H,31,32)/b12-11-/t18-,21-,22-,26+/m0/s1. The van der Waals surface area contributed by atoms with Gasteiger partial charge in [0.15, 0.2) is 0 Å². The number of carboxylic acids is 1. The Morgan fingerprint density at radius 1 is 1.15 bits per heavy atom. The van der Waals surface area contributed by atoms with E-state index in [1.807, 2.05) is 18.2 Å². The Kier molecular flexibility index (Phi) is 7.40. The smallest absolute Gasteiger partial charge is 0.330 e. The number of aliphatic hydroxyl groups excluding tert-OH is 2. The van der Waals surface area contributed by atoms with Crippen LogP contribution in [0, 0.1) is 28.1 Å². The van der Waals surface area contributed by atoms with Gasteiger partial charge >= 0.3 is 11.9 Å². The zero-order valence-electron chi connectivity index (χ0n) is 18.9. The summed E-state index contributed by atoms with van der Waals surface area (Å²) < 4.78 is 10.7. The number of rotatable bonds is 10. The number of aliphatic carboxylic acids is 1. The summed E-state index contributed by atoms with van der Waals surface area (Å²) in [5, 5.41) is 38.4. The van der Waals surface area contributed by atoms with Crippen LogP contribution in [0.5, 0.6) is 11.5 Å². The number of nitrogens with zero attached hydrogens (tertiary/aromatic N) is 1. The van der Waals surface area contributed by atoms with Gasteiger partial charge in [-0.05, 0) is 35.2 Å². The summed E-state index contributed by atoms with van der Waals surface area (Å²) in [5.41, 5.74) is -1.82. The van der Waals surface area contributed by atoms with Crippen LogP contribution in [0.15, 0.2) is 66.7 Å². The fraction of sp³-hybridized carbons (Fsp3) is 0.346. The van der Waals surface area contributed by atoms with E-state index in [1.165, 1.54) is 6.08 Å². The van der Waals surface area contributed by atoms with E-state index < -0.39 is 47.3 Å². The van der Waals surface area contributed by atoms with E-state index in [9.17, 15) is 25.1 Å². The van der Waals surface area contributed by atoms with Gasteiger partial charge in [-0.3, -0.25) is 4.79 Å². The van der Waals surface area contributed by atoms with Gasteiger partial charge in [-0.2, -0.15) is 5.26 Å². The van der Waals surface area contributed by atoms with Gasteiger partial charge in [0.05, 0.1) is 18.6 Å². The maximum atomic E-state index is 12.6. The number of allylic oxidation sites excluding steroid dienone is 1. The Morgan fingerprint density at radius 3 is 2.44 bits per heavy atom. The Labute approximate surface area is 197 Å². The molecule has 2 aromatic carbocycles. The topological polar surface area (TPSA) is 137 Å². The largest absolute Gasteiger partial charge is 0.481 e. The maximum Gasteiger partial charge on any atom is 0.330 e. The summed E-state index contributed by atoms with van der Waals surface area (Å²) >= 11 is 0. The van der Waals surface area contributed by atoms with Crippen LogP contribution >= 0.6 is 0 Å². The second kappa shape index (κ2) is 10.1. The van der Waals surface area contributed by atoms with E-state index in [0.717, 1.165) is 6.08 Å². The first-order valence-electron chi connectivity index (χ1n) is 10.8. The third-order valence-electron chi connectivity index (χ3n) is 6.41. The molecular weight excluding hydrogens is 438 g/mol. The van der Waals surface area contributed by atoms with Crippen molar-refractivity contribution in [2.75, 3.05) is 13.2 Å². The van der Waals surface area contributed by atoms with Crippen molar-refractivity contribution in [3.63, 3.8) is 0 Å². The zero-order chi connectivity index (χ0) is 24.9. The third kappa shape index (κ3) is 4.67. The lowest BCUT2D eigenvalue weighted by Gasteiger charge is -2.22. The Bertz CT molecular complexity index is 1110. The molecule has 0 heterocycles. The molecule has 3 rings (SSSR count). The van der Waals surface area contributed by atoms with Crippen molar-refractivity contribution >= 4 is 11.9 Å². The Morgan fingerprint density at radius 2 is 1.82 bits per heavy atom. The normalized spacial score (nSPS) is 22.4. The van der Waals surface area contributed by atoms with E-state index >= 15 is 0 Å². The van der Waals surface area contributed by atoms with Crippen molar-refractivity contribution in [2.45, 2.75) is 25.9 Å². The van der Waals surface area contributed by atoms with Crippen molar-refractivity contribution in [3.8, 4) is 17.6 Å². The molecule has 0 bridgehead atoms. The molecule has 4 atom stereocenters. The first kappa shape index (κ1) is 25.0. The zero-order valence-corrected chi connectivity index (χ0v) is 18.9. The number of aliphatic hydroxyl groups is 2. The molecule has 34 heavy (non-hydrogen) atoms. The summed E-state index contributed by atoms with van der Waals surface area (Å²) in [6.07, 6.45) is 1.35. The number of esters is 1. The number of benzene rings is 2. The summed E-state index contributed by atoms with van der Waals surface area (Å²) in [6.45, 7) is 2.55. The molecule has 2 aromatic rings. The van der Waals surface area contributed by atoms with Gasteiger partial charge in [0.25, 0.3) is 0 Å². The van der Waals surface area contributed by atoms with Crippen LogP contribution < -0.4 is 4.74 Å².